The highest BCUT2D eigenvalue weighted by molar-refractivity contribution is 6.31. The summed E-state index contributed by atoms with van der Waals surface area (Å²) in [6.45, 7) is 5.42. The van der Waals surface area contributed by atoms with E-state index in [4.69, 9.17) is 26.3 Å². The third-order valence-electron chi connectivity index (χ3n) is 6.67. The van der Waals surface area contributed by atoms with Crippen molar-refractivity contribution >= 4 is 39.2 Å². The molecule has 0 radical (unpaired) electrons. The van der Waals surface area contributed by atoms with Crippen LogP contribution in [0.4, 0.5) is 5.69 Å². The molecule has 2 aromatic carbocycles. The molecule has 7 heteroatoms. The van der Waals surface area contributed by atoms with E-state index in [0.29, 0.717) is 5.92 Å². The van der Waals surface area contributed by atoms with Crippen LogP contribution in [0.2, 0.25) is 5.02 Å². The number of ether oxygens (including phenoxy) is 1. The quantitative estimate of drug-likeness (QED) is 0.475. The van der Waals surface area contributed by atoms with Crippen molar-refractivity contribution in [1.29, 1.82) is 0 Å². The van der Waals surface area contributed by atoms with Crippen LogP contribution in [-0.4, -0.2) is 54.3 Å². The number of fused-ring (bicyclic) bond motifs is 2. The normalized spacial score (nSPS) is 19.7. The average molecular weight is 448 g/mol. The summed E-state index contributed by atoms with van der Waals surface area (Å²) in [6, 6.07) is 12.4. The minimum atomic E-state index is 0.403. The van der Waals surface area contributed by atoms with Crippen molar-refractivity contribution in [2.75, 3.05) is 44.3 Å². The van der Waals surface area contributed by atoms with Crippen LogP contribution in [0.25, 0.3) is 33.3 Å². The fourth-order valence-corrected chi connectivity index (χ4v) is 5.23. The van der Waals surface area contributed by atoms with Crippen molar-refractivity contribution < 1.29 is 4.74 Å². The molecule has 2 N–H and O–H groups in total. The number of aromatic nitrogens is 3. The van der Waals surface area contributed by atoms with Gasteiger partial charge in [-0.05, 0) is 67.3 Å². The van der Waals surface area contributed by atoms with Gasteiger partial charge in [0.05, 0.1) is 29.8 Å². The number of hydrogen-bond acceptors (Lipinski definition) is 5. The number of imidazole rings is 1. The molecule has 0 bridgehead atoms. The third kappa shape index (κ3) is 3.62. The summed E-state index contributed by atoms with van der Waals surface area (Å²) in [5.74, 6) is 1.27. The molecular formula is C25H26ClN5O. The highest BCUT2D eigenvalue weighted by Crippen LogP contribution is 2.38. The molecule has 4 heterocycles. The zero-order chi connectivity index (χ0) is 21.5. The Kier molecular flexibility index (Phi) is 5.21. The van der Waals surface area contributed by atoms with Gasteiger partial charge < -0.3 is 19.9 Å². The van der Waals surface area contributed by atoms with Crippen molar-refractivity contribution in [3.8, 4) is 11.4 Å². The van der Waals surface area contributed by atoms with Crippen molar-refractivity contribution in [1.82, 2.24) is 20.3 Å². The number of pyridine rings is 1. The highest BCUT2D eigenvalue weighted by atomic mass is 35.5. The van der Waals surface area contributed by atoms with Crippen LogP contribution in [0.1, 0.15) is 24.3 Å². The topological polar surface area (TPSA) is 66.1 Å². The lowest BCUT2D eigenvalue weighted by Gasteiger charge is -2.28. The number of H-pyrrole nitrogens is 1. The van der Waals surface area contributed by atoms with Crippen molar-refractivity contribution in [3.05, 3.63) is 53.2 Å². The van der Waals surface area contributed by atoms with Gasteiger partial charge in [0, 0.05) is 47.5 Å². The number of nitrogens with one attached hydrogen (secondary N) is 2. The number of nitrogens with zero attached hydrogens (tertiary/aromatic N) is 3. The predicted molar refractivity (Wildman–Crippen MR) is 130 cm³/mol. The Morgan fingerprint density at radius 2 is 1.94 bits per heavy atom. The van der Waals surface area contributed by atoms with Gasteiger partial charge in [0.15, 0.2) is 0 Å². The van der Waals surface area contributed by atoms with E-state index in [1.54, 1.807) is 0 Å². The molecule has 32 heavy (non-hydrogen) atoms. The molecule has 2 aromatic heterocycles. The van der Waals surface area contributed by atoms with E-state index in [1.807, 2.05) is 18.3 Å². The second-order valence-electron chi connectivity index (χ2n) is 8.68. The van der Waals surface area contributed by atoms with Gasteiger partial charge in [-0.25, -0.2) is 4.98 Å². The van der Waals surface area contributed by atoms with Crippen LogP contribution in [0.5, 0.6) is 0 Å². The minimum absolute atomic E-state index is 0.403. The molecule has 2 saturated heterocycles. The van der Waals surface area contributed by atoms with E-state index >= 15 is 0 Å². The Labute approximate surface area is 191 Å². The molecule has 2 aliphatic rings. The summed E-state index contributed by atoms with van der Waals surface area (Å²) in [5, 5.41) is 5.42. The third-order valence-corrected chi connectivity index (χ3v) is 6.91. The second kappa shape index (κ2) is 8.35. The lowest BCUT2D eigenvalue weighted by atomic mass is 9.86. The van der Waals surface area contributed by atoms with E-state index < -0.39 is 0 Å². The molecule has 2 aliphatic heterocycles. The Morgan fingerprint density at radius 3 is 2.78 bits per heavy atom. The monoisotopic (exact) mass is 447 g/mol. The zero-order valence-corrected chi connectivity index (χ0v) is 18.7. The van der Waals surface area contributed by atoms with E-state index in [1.165, 1.54) is 11.3 Å². The van der Waals surface area contributed by atoms with Gasteiger partial charge in [-0.2, -0.15) is 0 Å². The summed E-state index contributed by atoms with van der Waals surface area (Å²) in [6.07, 6.45) is 4.28. The van der Waals surface area contributed by atoms with E-state index in [0.717, 1.165) is 90.6 Å². The van der Waals surface area contributed by atoms with Gasteiger partial charge in [0.1, 0.15) is 5.82 Å². The summed E-state index contributed by atoms with van der Waals surface area (Å²) in [4.78, 5) is 15.7. The molecule has 2 fully saturated rings. The molecule has 0 saturated carbocycles. The number of halogens is 1. The maximum atomic E-state index is 6.40. The summed E-state index contributed by atoms with van der Waals surface area (Å²) < 4.78 is 5.50. The number of hydrogen-bond donors (Lipinski definition) is 2. The largest absolute Gasteiger partial charge is 0.378 e. The van der Waals surface area contributed by atoms with Gasteiger partial charge >= 0.3 is 0 Å². The molecule has 0 spiro atoms. The maximum absolute atomic E-state index is 6.40. The maximum Gasteiger partial charge on any atom is 0.140 e. The van der Waals surface area contributed by atoms with Crippen LogP contribution in [0.3, 0.4) is 0 Å². The van der Waals surface area contributed by atoms with Crippen LogP contribution in [0.15, 0.2) is 42.6 Å². The number of rotatable bonds is 3. The zero-order valence-electron chi connectivity index (χ0n) is 17.9. The Balaban J connectivity index is 1.48. The molecule has 0 aliphatic carbocycles. The van der Waals surface area contributed by atoms with Crippen LogP contribution in [0, 0.1) is 0 Å². The fourth-order valence-electron chi connectivity index (χ4n) is 5.06. The van der Waals surface area contributed by atoms with Gasteiger partial charge in [-0.15, -0.1) is 0 Å². The first-order valence-electron chi connectivity index (χ1n) is 11.4. The molecule has 6 rings (SSSR count). The van der Waals surface area contributed by atoms with Gasteiger partial charge in [-0.1, -0.05) is 11.6 Å². The molecule has 164 valence electrons. The fraction of sp³-hybridized carbons (Fsp3) is 0.360. The lowest BCUT2D eigenvalue weighted by molar-refractivity contribution is 0.122. The smallest absolute Gasteiger partial charge is 0.140 e. The Bertz CT molecular complexity index is 1270. The number of aromatic amines is 1. The second-order valence-corrected chi connectivity index (χ2v) is 9.11. The van der Waals surface area contributed by atoms with E-state index in [-0.39, 0.29) is 0 Å². The number of morpholine rings is 1. The molecule has 1 atom stereocenters. The van der Waals surface area contributed by atoms with E-state index in [2.05, 4.69) is 39.5 Å². The lowest BCUT2D eigenvalue weighted by Crippen LogP contribution is -2.36. The van der Waals surface area contributed by atoms with Gasteiger partial charge in [-0.3, -0.25) is 4.98 Å². The Morgan fingerprint density at radius 1 is 1.06 bits per heavy atom. The van der Waals surface area contributed by atoms with E-state index in [9.17, 15) is 0 Å². The Hall–Kier alpha value is -2.67. The molecule has 1 unspecified atom stereocenters. The van der Waals surface area contributed by atoms with Crippen LogP contribution >= 0.6 is 11.6 Å². The highest BCUT2D eigenvalue weighted by Gasteiger charge is 2.24. The SMILES string of the molecule is Clc1ccc2ncc(-c3nc4ccc(N5CCOCC5)cc4[nH]3)c(C3CCCNC3)c2c1. The van der Waals surface area contributed by atoms with Crippen molar-refractivity contribution in [3.63, 3.8) is 0 Å². The number of piperidine rings is 1. The number of anilines is 1. The molecular weight excluding hydrogens is 422 g/mol. The number of benzene rings is 2. The summed E-state index contributed by atoms with van der Waals surface area (Å²) in [5.41, 5.74) is 6.55. The van der Waals surface area contributed by atoms with Crippen LogP contribution < -0.4 is 10.2 Å². The summed E-state index contributed by atoms with van der Waals surface area (Å²) in [7, 11) is 0. The van der Waals surface area contributed by atoms with Crippen LogP contribution in [-0.2, 0) is 4.74 Å². The van der Waals surface area contributed by atoms with Crippen molar-refractivity contribution in [2.24, 2.45) is 0 Å². The first-order chi connectivity index (χ1) is 15.8. The predicted octanol–water partition coefficient (Wildman–Crippen LogP) is 4.74. The standard InChI is InChI=1S/C25H26ClN5O/c26-17-3-5-21-19(12-17)24(16-2-1-7-27-14-16)20(15-28-21)25-29-22-6-4-18(13-23(22)30-25)31-8-10-32-11-9-31/h3-6,12-13,15-16,27H,1-2,7-11,14H2,(H,29,30). The molecule has 0 amide bonds. The van der Waals surface area contributed by atoms with Gasteiger partial charge in [0.2, 0.25) is 0 Å². The minimum Gasteiger partial charge on any atom is -0.378 e. The molecule has 4 aromatic rings. The molecule has 6 nitrogen and oxygen atoms in total. The first kappa shape index (κ1) is 20.0. The average Bonchev–Trinajstić information content (AvgIpc) is 3.27. The first-order valence-corrected chi connectivity index (χ1v) is 11.8. The van der Waals surface area contributed by atoms with Gasteiger partial charge in [0.25, 0.3) is 0 Å². The summed E-state index contributed by atoms with van der Waals surface area (Å²) >= 11 is 6.40. The van der Waals surface area contributed by atoms with Crippen molar-refractivity contribution in [2.45, 2.75) is 18.8 Å².